The molecule has 6 aromatic carbocycles. The van der Waals surface area contributed by atoms with Gasteiger partial charge in [0.2, 0.25) is 0 Å². The number of hydrogen-bond acceptors (Lipinski definition) is 19. The number of carboxylic acids is 1. The van der Waals surface area contributed by atoms with Crippen LogP contribution in [0.5, 0.6) is 0 Å². The summed E-state index contributed by atoms with van der Waals surface area (Å²) in [5, 5.41) is 21.0. The third-order valence-electron chi connectivity index (χ3n) is 17.2. The number of nitrogens with two attached hydrogens (primary N) is 5. The van der Waals surface area contributed by atoms with Gasteiger partial charge in [-0.3, -0.25) is 9.59 Å². The Hall–Kier alpha value is -9.44. The summed E-state index contributed by atoms with van der Waals surface area (Å²) in [6, 6.07) is 23.1. The third kappa shape index (κ3) is 23.3. The molecule has 3 fully saturated rings. The van der Waals surface area contributed by atoms with E-state index in [0.717, 1.165) is 65.2 Å². The van der Waals surface area contributed by atoms with E-state index in [4.69, 9.17) is 59.0 Å². The molecule has 12 rings (SSSR count). The number of ether oxygens (including phenoxy) is 3. The minimum Gasteiger partial charge on any atom is -0.478 e. The Kier molecular flexibility index (Phi) is 31.7. The van der Waals surface area contributed by atoms with E-state index in [1.165, 1.54) is 72.8 Å². The molecule has 0 aliphatic carbocycles. The normalized spacial score (nSPS) is 14.5. The van der Waals surface area contributed by atoms with Gasteiger partial charge in [0, 0.05) is 114 Å². The molecule has 3 saturated heterocycles. The van der Waals surface area contributed by atoms with E-state index in [-0.39, 0.29) is 84.8 Å². The van der Waals surface area contributed by atoms with Crippen LogP contribution in [0.4, 0.5) is 43.8 Å². The van der Waals surface area contributed by atoms with Crippen LogP contribution >= 0.6 is 67.8 Å². The van der Waals surface area contributed by atoms with Crippen LogP contribution in [0.3, 0.4) is 0 Å². The number of hydrogen-bond donors (Lipinski definition) is 8. The molecule has 9 aromatic rings. The second-order valence-electron chi connectivity index (χ2n) is 24.5. The van der Waals surface area contributed by atoms with Crippen LogP contribution in [0.1, 0.15) is 147 Å². The molecule has 35 heteroatoms. The predicted octanol–water partition coefficient (Wildman–Crippen LogP) is 15.0. The summed E-state index contributed by atoms with van der Waals surface area (Å²) < 4.78 is 103. The number of aromatic carboxylic acids is 1. The number of carbonyl (C=O) groups is 3. The minimum atomic E-state index is -1.32. The van der Waals surface area contributed by atoms with Crippen LogP contribution in [0.25, 0.3) is 54.7 Å². The van der Waals surface area contributed by atoms with Crippen LogP contribution in [0.2, 0.25) is 0 Å². The third-order valence-corrected chi connectivity index (χ3v) is 19.1. The predicted molar refractivity (Wildman–Crippen MR) is 419 cm³/mol. The highest BCUT2D eigenvalue weighted by Gasteiger charge is 2.27. The van der Waals surface area contributed by atoms with Gasteiger partial charge in [-0.05, 0) is 225 Å². The molecule has 0 saturated carbocycles. The number of anilines is 3. The Morgan fingerprint density at radius 1 is 0.500 bits per heavy atom. The molecule has 0 bridgehead atoms. The van der Waals surface area contributed by atoms with Gasteiger partial charge >= 0.3 is 5.97 Å². The highest BCUT2D eigenvalue weighted by atomic mass is 127. The number of aromatic nitrogens is 6. The van der Waals surface area contributed by atoms with Gasteiger partial charge in [-0.15, -0.1) is 0 Å². The molecule has 3 aliphatic heterocycles. The first-order valence-corrected chi connectivity index (χ1v) is 36.3. The van der Waals surface area contributed by atoms with Crippen molar-refractivity contribution in [1.82, 2.24) is 40.5 Å². The number of nitrogens with one attached hydrogen (secondary N) is 2. The maximum absolute atomic E-state index is 15.1. The first-order chi connectivity index (χ1) is 51.4. The zero-order valence-electron chi connectivity index (χ0n) is 56.7. The molecular formula is C73H74F6I3N19O7. The standard InChI is InChI=1S/C24H22F2IN7O2.C24H24F2IN5O2.C16H16FN3O3.C8H8FIN4.CH4/c25-16-7-15(8-17(27)10-16)21(12-31-34-29)33-24(35)18-2-1-14(9-19(18)26)22-23(28)30-11-20(32-22)13-3-5-36-6-4-13;25-16-7-15(8-17(27)10-16)20(11-28)32-24(33)18-2-1-14(9-19(18)26)22-23(29)30-12-21(31-22)13-3-5-34-6-4-13;17-12-7-10(1-2-11(12)16(21)22)14-15(18)19-8-13(20-14)9-3-5-23-6-4-9;9-6-1-5(2-7(10)3-6)8(11)4-13-14-12;/h1-2,7-11,13,21H,3-6,12H2,(H2,28,30)(H,33,35);1-2,7-10,12-13,20H,3-6,11,28H2,(H2,29,30)(H,32,33);1-2,7-9H,3-6H2,(H2,18,19)(H,21,22);1-3,8H,4,11H2;1H4/t21-;20-;;8-;/m11.1./s1. The fourth-order valence-electron chi connectivity index (χ4n) is 11.6. The van der Waals surface area contributed by atoms with Crippen molar-refractivity contribution >= 4 is 103 Å². The van der Waals surface area contributed by atoms with E-state index in [1.54, 1.807) is 48.9 Å². The maximum Gasteiger partial charge on any atom is 0.338 e. The van der Waals surface area contributed by atoms with Crippen molar-refractivity contribution in [3.05, 3.63) is 245 Å². The van der Waals surface area contributed by atoms with E-state index >= 15 is 4.39 Å². The minimum absolute atomic E-state index is 0. The number of halogens is 9. The number of nitrogen functional groups attached to an aromatic ring is 3. The number of azide groups is 2. The Bertz CT molecular complexity index is 4720. The van der Waals surface area contributed by atoms with Gasteiger partial charge in [-0.25, -0.2) is 61.0 Å². The van der Waals surface area contributed by atoms with Crippen molar-refractivity contribution in [1.29, 1.82) is 0 Å². The largest absolute Gasteiger partial charge is 0.478 e. The Balaban J connectivity index is 0.000000190. The van der Waals surface area contributed by atoms with Crippen LogP contribution in [-0.4, -0.2) is 112 Å². The molecule has 13 N–H and O–H groups in total. The van der Waals surface area contributed by atoms with Gasteiger partial charge in [0.15, 0.2) is 0 Å². The molecule has 3 aromatic heterocycles. The fraction of sp³-hybridized carbons (Fsp3) is 0.301. The highest BCUT2D eigenvalue weighted by molar-refractivity contribution is 14.1. The molecule has 2 amide bonds. The van der Waals surface area contributed by atoms with Crippen molar-refractivity contribution in [3.8, 4) is 33.8 Å². The molecular weight excluding hydrogens is 1750 g/mol. The Morgan fingerprint density at radius 3 is 1.16 bits per heavy atom. The summed E-state index contributed by atoms with van der Waals surface area (Å²) in [6.45, 7) is 3.92. The Morgan fingerprint density at radius 2 is 0.824 bits per heavy atom. The number of carbonyl (C=O) groups excluding carboxylic acids is 2. The maximum atomic E-state index is 15.1. The van der Waals surface area contributed by atoms with E-state index in [2.05, 4.69) is 60.6 Å². The lowest BCUT2D eigenvalue weighted by atomic mass is 9.96. The van der Waals surface area contributed by atoms with E-state index in [1.807, 2.05) is 67.8 Å². The van der Waals surface area contributed by atoms with Gasteiger partial charge in [0.05, 0.1) is 71.0 Å². The molecule has 108 heavy (non-hydrogen) atoms. The summed E-state index contributed by atoms with van der Waals surface area (Å²) in [7, 11) is 0. The van der Waals surface area contributed by atoms with Crippen molar-refractivity contribution in [3.63, 3.8) is 0 Å². The smallest absolute Gasteiger partial charge is 0.338 e. The number of benzene rings is 6. The number of rotatable bonds is 19. The molecule has 0 spiro atoms. The van der Waals surface area contributed by atoms with Crippen LogP contribution in [0.15, 0.2) is 138 Å². The zero-order chi connectivity index (χ0) is 76.8. The molecule has 0 radical (unpaired) electrons. The topological polar surface area (TPSA) is 428 Å². The molecule has 566 valence electrons. The summed E-state index contributed by atoms with van der Waals surface area (Å²) in [5.41, 5.74) is 51.6. The van der Waals surface area contributed by atoms with E-state index in [9.17, 15) is 36.3 Å². The zero-order valence-corrected chi connectivity index (χ0v) is 63.2. The summed E-state index contributed by atoms with van der Waals surface area (Å²) in [4.78, 5) is 68.3. The summed E-state index contributed by atoms with van der Waals surface area (Å²) >= 11 is 5.92. The second-order valence-corrected chi connectivity index (χ2v) is 28.2. The van der Waals surface area contributed by atoms with Gasteiger partial charge in [-0.2, -0.15) is 0 Å². The number of amides is 2. The van der Waals surface area contributed by atoms with Crippen LogP contribution in [-0.2, 0) is 14.2 Å². The lowest BCUT2D eigenvalue weighted by Gasteiger charge is -2.22. The molecule has 26 nitrogen and oxygen atoms in total. The van der Waals surface area contributed by atoms with E-state index < -0.39 is 65.0 Å². The summed E-state index contributed by atoms with van der Waals surface area (Å²) in [5.74, 6) is -5.22. The average Bonchev–Trinajstić information content (AvgIpc) is 0.808. The van der Waals surface area contributed by atoms with Gasteiger partial charge in [0.25, 0.3) is 11.8 Å². The Labute approximate surface area is 657 Å². The molecule has 0 unspecified atom stereocenters. The SMILES string of the molecule is C.NC[C@@H](NC(=O)c1ccc(-c2nc(C3CCOCC3)cnc2N)cc1F)c1cc(F)cc(I)c1.Nc1ncc(C2CCOCC2)nc1-c1ccc(C(=O)O)c(F)c1.[N-]=[N+]=NC[C@@H](N)c1cc(F)cc(I)c1.[N-]=[N+]=NC[C@@H](NC(=O)c1ccc(-c2nc(C3CCOCC3)cnc2N)cc1F)c1cc(F)cc(I)c1. The van der Waals surface area contributed by atoms with Crippen molar-refractivity contribution in [2.45, 2.75) is 81.8 Å². The first kappa shape index (κ1) is 84.2. The second kappa shape index (κ2) is 40.7. The van der Waals surface area contributed by atoms with Crippen molar-refractivity contribution in [2.24, 2.45) is 21.7 Å². The van der Waals surface area contributed by atoms with Gasteiger partial charge < -0.3 is 58.6 Å². The molecule has 3 aliphatic rings. The fourth-order valence-corrected chi connectivity index (χ4v) is 13.6. The molecule has 3 atom stereocenters. The van der Waals surface area contributed by atoms with Gasteiger partial charge in [-0.1, -0.05) is 35.9 Å². The molecule has 6 heterocycles. The van der Waals surface area contributed by atoms with Crippen molar-refractivity contribution in [2.75, 3.05) is 76.5 Å². The van der Waals surface area contributed by atoms with Crippen molar-refractivity contribution < 1.29 is 60.0 Å². The van der Waals surface area contributed by atoms with Gasteiger partial charge in [0.1, 0.15) is 69.4 Å². The number of carboxylic acid groups (broad SMARTS) is 1. The first-order valence-electron chi connectivity index (χ1n) is 33.1. The van der Waals surface area contributed by atoms with Crippen LogP contribution < -0.4 is 39.3 Å². The van der Waals surface area contributed by atoms with E-state index in [0.29, 0.717) is 97.2 Å². The quantitative estimate of drug-likeness (QED) is 0.0123. The number of nitrogens with zero attached hydrogens (tertiary/aromatic N) is 12. The lowest BCUT2D eigenvalue weighted by molar-refractivity contribution is 0.0691. The summed E-state index contributed by atoms with van der Waals surface area (Å²) in [6.07, 6.45) is 9.90. The van der Waals surface area contributed by atoms with Crippen LogP contribution in [0, 0.1) is 45.6 Å². The monoisotopic (exact) mass is 1820 g/mol. The highest BCUT2D eigenvalue weighted by Crippen LogP contribution is 2.35. The lowest BCUT2D eigenvalue weighted by Crippen LogP contribution is -2.34. The average molecular weight is 1820 g/mol.